The third-order valence-electron chi connectivity index (χ3n) is 2.73. The van der Waals surface area contributed by atoms with Crippen molar-refractivity contribution < 1.29 is 14.3 Å². The van der Waals surface area contributed by atoms with Crippen LogP contribution in [0.25, 0.3) is 0 Å². The van der Waals surface area contributed by atoms with Gasteiger partial charge in [-0.3, -0.25) is 9.59 Å². The van der Waals surface area contributed by atoms with Crippen molar-refractivity contribution in [1.29, 1.82) is 0 Å². The molecule has 5 heteroatoms. The van der Waals surface area contributed by atoms with E-state index >= 15 is 0 Å². The molecule has 104 valence electrons. The maximum atomic E-state index is 11.9. The molecule has 0 heterocycles. The molecular weight excluding hydrogens is 244 g/mol. The number of amides is 2. The lowest BCUT2D eigenvalue weighted by atomic mass is 10.2. The SMILES string of the molecule is CNC(=O)CN(C)C(=O)C(C)OCc1ccccc1. The number of ether oxygens (including phenoxy) is 1. The Morgan fingerprint density at radius 3 is 2.53 bits per heavy atom. The Hall–Kier alpha value is -1.88. The molecule has 1 unspecified atom stereocenters. The van der Waals surface area contributed by atoms with Crippen LogP contribution in [0.4, 0.5) is 0 Å². The second-order valence-electron chi connectivity index (χ2n) is 4.31. The van der Waals surface area contributed by atoms with Crippen LogP contribution in [0.1, 0.15) is 12.5 Å². The molecular formula is C14H20N2O3. The summed E-state index contributed by atoms with van der Waals surface area (Å²) in [5, 5.41) is 2.47. The second kappa shape index (κ2) is 7.53. The van der Waals surface area contributed by atoms with Gasteiger partial charge in [0.1, 0.15) is 6.10 Å². The number of rotatable bonds is 6. The van der Waals surface area contributed by atoms with Crippen molar-refractivity contribution in [2.24, 2.45) is 0 Å². The second-order valence-corrected chi connectivity index (χ2v) is 4.31. The van der Waals surface area contributed by atoms with Gasteiger partial charge in [-0.1, -0.05) is 30.3 Å². The van der Waals surface area contributed by atoms with E-state index in [-0.39, 0.29) is 18.4 Å². The van der Waals surface area contributed by atoms with E-state index in [1.54, 1.807) is 14.0 Å². The molecule has 0 aliphatic heterocycles. The number of carbonyl (C=O) groups excluding carboxylic acids is 2. The highest BCUT2D eigenvalue weighted by atomic mass is 16.5. The average Bonchev–Trinajstić information content (AvgIpc) is 2.44. The Morgan fingerprint density at radius 2 is 1.95 bits per heavy atom. The van der Waals surface area contributed by atoms with Gasteiger partial charge in [-0.2, -0.15) is 0 Å². The molecule has 5 nitrogen and oxygen atoms in total. The molecule has 0 fully saturated rings. The normalized spacial score (nSPS) is 11.7. The third kappa shape index (κ3) is 5.09. The Balaban J connectivity index is 2.42. The van der Waals surface area contributed by atoms with Gasteiger partial charge in [-0.05, 0) is 12.5 Å². The van der Waals surface area contributed by atoms with Crippen molar-refractivity contribution in [2.75, 3.05) is 20.6 Å². The van der Waals surface area contributed by atoms with Crippen molar-refractivity contribution in [3.63, 3.8) is 0 Å². The first-order valence-corrected chi connectivity index (χ1v) is 6.15. The Kier molecular flexibility index (Phi) is 6.02. The van der Waals surface area contributed by atoms with E-state index in [4.69, 9.17) is 4.74 Å². The van der Waals surface area contributed by atoms with E-state index in [9.17, 15) is 9.59 Å². The van der Waals surface area contributed by atoms with E-state index in [2.05, 4.69) is 5.32 Å². The molecule has 1 aromatic rings. The van der Waals surface area contributed by atoms with Crippen molar-refractivity contribution in [3.8, 4) is 0 Å². The summed E-state index contributed by atoms with van der Waals surface area (Å²) < 4.78 is 5.50. The lowest BCUT2D eigenvalue weighted by molar-refractivity contribution is -0.144. The molecule has 0 bridgehead atoms. The maximum absolute atomic E-state index is 11.9. The summed E-state index contributed by atoms with van der Waals surface area (Å²) in [6.07, 6.45) is -0.574. The van der Waals surface area contributed by atoms with Crippen LogP contribution >= 0.6 is 0 Å². The van der Waals surface area contributed by atoms with Crippen LogP contribution in [-0.2, 0) is 20.9 Å². The zero-order chi connectivity index (χ0) is 14.3. The summed E-state index contributed by atoms with van der Waals surface area (Å²) in [7, 11) is 3.12. The van der Waals surface area contributed by atoms with Gasteiger partial charge in [-0.15, -0.1) is 0 Å². The van der Waals surface area contributed by atoms with Gasteiger partial charge in [-0.25, -0.2) is 0 Å². The van der Waals surface area contributed by atoms with Crippen LogP contribution in [-0.4, -0.2) is 43.5 Å². The van der Waals surface area contributed by atoms with Crippen LogP contribution < -0.4 is 5.32 Å². The highest BCUT2D eigenvalue weighted by molar-refractivity contribution is 5.86. The maximum Gasteiger partial charge on any atom is 0.251 e. The first-order chi connectivity index (χ1) is 9.04. The molecule has 1 rings (SSSR count). The minimum absolute atomic E-state index is 0.0361. The van der Waals surface area contributed by atoms with E-state index < -0.39 is 6.10 Å². The van der Waals surface area contributed by atoms with Gasteiger partial charge in [0.05, 0.1) is 13.2 Å². The predicted octanol–water partition coefficient (Wildman–Crippen LogP) is 0.796. The summed E-state index contributed by atoms with van der Waals surface area (Å²) >= 11 is 0. The summed E-state index contributed by atoms with van der Waals surface area (Å²) in [6, 6.07) is 9.64. The number of hydrogen-bond acceptors (Lipinski definition) is 3. The summed E-state index contributed by atoms with van der Waals surface area (Å²) in [5.74, 6) is -0.411. The van der Waals surface area contributed by atoms with Crippen molar-refractivity contribution in [3.05, 3.63) is 35.9 Å². The highest BCUT2D eigenvalue weighted by Crippen LogP contribution is 2.05. The molecule has 0 aliphatic carbocycles. The van der Waals surface area contributed by atoms with Gasteiger partial charge in [0, 0.05) is 14.1 Å². The van der Waals surface area contributed by atoms with Crippen molar-refractivity contribution in [1.82, 2.24) is 10.2 Å². The van der Waals surface area contributed by atoms with E-state index in [0.29, 0.717) is 6.61 Å². The largest absolute Gasteiger partial charge is 0.364 e. The van der Waals surface area contributed by atoms with Gasteiger partial charge in [0.2, 0.25) is 5.91 Å². The topological polar surface area (TPSA) is 58.6 Å². The molecule has 0 aromatic heterocycles. The number of benzene rings is 1. The lowest BCUT2D eigenvalue weighted by Crippen LogP contribution is -2.41. The third-order valence-corrected chi connectivity index (χ3v) is 2.73. The van der Waals surface area contributed by atoms with Crippen LogP contribution in [0.3, 0.4) is 0 Å². The summed E-state index contributed by atoms with van der Waals surface area (Å²) in [6.45, 7) is 2.10. The molecule has 0 radical (unpaired) electrons. The molecule has 1 N–H and O–H groups in total. The molecule has 0 saturated heterocycles. The molecule has 1 aromatic carbocycles. The van der Waals surface area contributed by atoms with Gasteiger partial charge < -0.3 is 15.0 Å². The van der Waals surface area contributed by atoms with Crippen LogP contribution in [0.2, 0.25) is 0 Å². The number of nitrogens with one attached hydrogen (secondary N) is 1. The highest BCUT2D eigenvalue weighted by Gasteiger charge is 2.19. The minimum atomic E-state index is -0.574. The first kappa shape index (κ1) is 15.2. The van der Waals surface area contributed by atoms with Crippen LogP contribution in [0.15, 0.2) is 30.3 Å². The molecule has 19 heavy (non-hydrogen) atoms. The van der Waals surface area contributed by atoms with Crippen LogP contribution in [0.5, 0.6) is 0 Å². The van der Waals surface area contributed by atoms with E-state index in [1.165, 1.54) is 11.9 Å². The van der Waals surface area contributed by atoms with Crippen LogP contribution in [0, 0.1) is 0 Å². The number of likely N-dealkylation sites (N-methyl/N-ethyl adjacent to an activating group) is 2. The quantitative estimate of drug-likeness (QED) is 0.826. The summed E-state index contributed by atoms with van der Waals surface area (Å²) in [5.41, 5.74) is 1.01. The fraction of sp³-hybridized carbons (Fsp3) is 0.429. The average molecular weight is 264 g/mol. The van der Waals surface area contributed by atoms with E-state index in [0.717, 1.165) is 5.56 Å². The number of carbonyl (C=O) groups is 2. The lowest BCUT2D eigenvalue weighted by Gasteiger charge is -2.20. The van der Waals surface area contributed by atoms with Gasteiger partial charge >= 0.3 is 0 Å². The Morgan fingerprint density at radius 1 is 1.32 bits per heavy atom. The van der Waals surface area contributed by atoms with Gasteiger partial charge in [0.25, 0.3) is 5.91 Å². The zero-order valence-corrected chi connectivity index (χ0v) is 11.6. The molecule has 1 atom stereocenters. The molecule has 2 amide bonds. The monoisotopic (exact) mass is 264 g/mol. The number of nitrogens with zero attached hydrogens (tertiary/aromatic N) is 1. The Bertz CT molecular complexity index is 420. The molecule has 0 aliphatic rings. The number of hydrogen-bond donors (Lipinski definition) is 1. The Labute approximate surface area is 113 Å². The fourth-order valence-electron chi connectivity index (χ4n) is 1.55. The smallest absolute Gasteiger partial charge is 0.251 e. The molecule has 0 saturated carbocycles. The summed E-state index contributed by atoms with van der Waals surface area (Å²) in [4.78, 5) is 24.5. The van der Waals surface area contributed by atoms with Crippen molar-refractivity contribution in [2.45, 2.75) is 19.6 Å². The van der Waals surface area contributed by atoms with Gasteiger partial charge in [0.15, 0.2) is 0 Å². The standard InChI is InChI=1S/C14H20N2O3/c1-11(14(18)16(3)9-13(17)15-2)19-10-12-7-5-4-6-8-12/h4-8,11H,9-10H2,1-3H3,(H,15,17). The minimum Gasteiger partial charge on any atom is -0.364 e. The zero-order valence-electron chi connectivity index (χ0n) is 11.6. The fourth-order valence-corrected chi connectivity index (χ4v) is 1.55. The van der Waals surface area contributed by atoms with E-state index in [1.807, 2.05) is 30.3 Å². The first-order valence-electron chi connectivity index (χ1n) is 6.15. The molecule has 0 spiro atoms. The van der Waals surface area contributed by atoms with Crippen molar-refractivity contribution >= 4 is 11.8 Å². The predicted molar refractivity (Wildman–Crippen MR) is 72.4 cm³/mol.